The molecule has 0 aliphatic carbocycles. The maximum atomic E-state index is 13.6. The summed E-state index contributed by atoms with van der Waals surface area (Å²) < 4.78 is 34.2. The third-order valence-electron chi connectivity index (χ3n) is 3.38. The molecular formula is C14H12F2N2O2. The summed E-state index contributed by atoms with van der Waals surface area (Å²) >= 11 is 0. The topological polar surface area (TPSA) is 44.1 Å². The molecule has 1 aromatic heterocycles. The van der Waals surface area contributed by atoms with Gasteiger partial charge in [-0.1, -0.05) is 0 Å². The minimum atomic E-state index is -0.881. The second kappa shape index (κ2) is 5.13. The summed E-state index contributed by atoms with van der Waals surface area (Å²) in [4.78, 5) is 10.6. The molecule has 1 fully saturated rings. The van der Waals surface area contributed by atoms with E-state index in [4.69, 9.17) is 4.74 Å². The molecule has 2 heterocycles. The third-order valence-corrected chi connectivity index (χ3v) is 3.38. The first kappa shape index (κ1) is 12.9. The van der Waals surface area contributed by atoms with Gasteiger partial charge in [0.25, 0.3) is 0 Å². The maximum Gasteiger partial charge on any atom is 0.155 e. The average molecular weight is 278 g/mol. The Morgan fingerprint density at radius 2 is 2.10 bits per heavy atom. The van der Waals surface area contributed by atoms with Crippen LogP contribution in [0.15, 0.2) is 24.4 Å². The van der Waals surface area contributed by atoms with Gasteiger partial charge in [-0.2, -0.15) is 5.10 Å². The fourth-order valence-corrected chi connectivity index (χ4v) is 2.27. The molecule has 2 aromatic rings. The first-order valence-corrected chi connectivity index (χ1v) is 6.26. The molecule has 20 heavy (non-hydrogen) atoms. The van der Waals surface area contributed by atoms with Crippen molar-refractivity contribution in [3.05, 3.63) is 41.6 Å². The van der Waals surface area contributed by atoms with Gasteiger partial charge in [0.1, 0.15) is 11.6 Å². The first-order chi connectivity index (χ1) is 9.69. The van der Waals surface area contributed by atoms with E-state index in [1.165, 1.54) is 0 Å². The Bertz CT molecular complexity index is 625. The molecule has 104 valence electrons. The van der Waals surface area contributed by atoms with Crippen molar-refractivity contribution >= 4 is 6.29 Å². The van der Waals surface area contributed by atoms with Crippen LogP contribution < -0.4 is 0 Å². The lowest BCUT2D eigenvalue weighted by Crippen LogP contribution is -2.09. The standard InChI is InChI=1S/C14H12F2N2O2/c15-12-5-9(6-13(16)11(12)7-19)14-1-3-18(17-14)10-2-4-20-8-10/h1,3,5-7,10H,2,4,8H2/t10-/m1/s1. The molecule has 1 aliphatic heterocycles. The fourth-order valence-electron chi connectivity index (χ4n) is 2.27. The summed E-state index contributed by atoms with van der Waals surface area (Å²) in [5.41, 5.74) is 0.216. The number of hydrogen-bond acceptors (Lipinski definition) is 3. The van der Waals surface area contributed by atoms with E-state index < -0.39 is 17.2 Å². The van der Waals surface area contributed by atoms with E-state index in [9.17, 15) is 13.6 Å². The van der Waals surface area contributed by atoms with E-state index in [0.29, 0.717) is 24.5 Å². The number of aldehydes is 1. The summed E-state index contributed by atoms with van der Waals surface area (Å²) in [7, 11) is 0. The van der Waals surface area contributed by atoms with Crippen LogP contribution in [0.25, 0.3) is 11.3 Å². The Morgan fingerprint density at radius 3 is 2.70 bits per heavy atom. The molecule has 6 heteroatoms. The highest BCUT2D eigenvalue weighted by atomic mass is 19.1. The Balaban J connectivity index is 1.95. The Hall–Kier alpha value is -2.08. The van der Waals surface area contributed by atoms with Crippen LogP contribution >= 0.6 is 0 Å². The van der Waals surface area contributed by atoms with Crippen LogP contribution in [-0.4, -0.2) is 29.3 Å². The van der Waals surface area contributed by atoms with Gasteiger partial charge in [-0.05, 0) is 24.6 Å². The van der Waals surface area contributed by atoms with E-state index in [2.05, 4.69) is 5.10 Å². The number of carbonyl (C=O) groups is 1. The summed E-state index contributed by atoms with van der Waals surface area (Å²) in [6.45, 7) is 1.28. The van der Waals surface area contributed by atoms with Crippen molar-refractivity contribution in [1.29, 1.82) is 0 Å². The maximum absolute atomic E-state index is 13.6. The molecule has 0 unspecified atom stereocenters. The predicted molar refractivity (Wildman–Crippen MR) is 67.4 cm³/mol. The van der Waals surface area contributed by atoms with Crippen LogP contribution in [0.3, 0.4) is 0 Å². The SMILES string of the molecule is O=Cc1c(F)cc(-c2ccn([C@@H]3CCOC3)n2)cc1F. The van der Waals surface area contributed by atoms with Gasteiger partial charge in [0.2, 0.25) is 0 Å². The van der Waals surface area contributed by atoms with E-state index >= 15 is 0 Å². The molecule has 0 bridgehead atoms. The van der Waals surface area contributed by atoms with E-state index in [1.54, 1.807) is 16.9 Å². The predicted octanol–water partition coefficient (Wildman–Crippen LogP) is 2.60. The van der Waals surface area contributed by atoms with E-state index in [0.717, 1.165) is 18.6 Å². The molecule has 1 saturated heterocycles. The number of benzene rings is 1. The van der Waals surface area contributed by atoms with Crippen LogP contribution in [0.4, 0.5) is 8.78 Å². The Morgan fingerprint density at radius 1 is 1.35 bits per heavy atom. The van der Waals surface area contributed by atoms with Crippen molar-refractivity contribution in [3.8, 4) is 11.3 Å². The highest BCUT2D eigenvalue weighted by molar-refractivity contribution is 5.77. The molecule has 0 amide bonds. The quantitative estimate of drug-likeness (QED) is 0.811. The first-order valence-electron chi connectivity index (χ1n) is 6.26. The van der Waals surface area contributed by atoms with Gasteiger partial charge in [0.15, 0.2) is 6.29 Å². The molecular weight excluding hydrogens is 266 g/mol. The van der Waals surface area contributed by atoms with Gasteiger partial charge < -0.3 is 4.74 Å². The van der Waals surface area contributed by atoms with Gasteiger partial charge in [-0.3, -0.25) is 9.48 Å². The number of aromatic nitrogens is 2. The number of carbonyl (C=O) groups excluding carboxylic acids is 1. The molecule has 1 atom stereocenters. The van der Waals surface area contributed by atoms with Gasteiger partial charge in [0.05, 0.1) is 23.9 Å². The van der Waals surface area contributed by atoms with Gasteiger partial charge in [-0.25, -0.2) is 8.78 Å². The monoisotopic (exact) mass is 278 g/mol. The summed E-state index contributed by atoms with van der Waals surface area (Å²) in [6.07, 6.45) is 2.80. The van der Waals surface area contributed by atoms with Crippen molar-refractivity contribution in [2.24, 2.45) is 0 Å². The van der Waals surface area contributed by atoms with Crippen molar-refractivity contribution in [2.75, 3.05) is 13.2 Å². The zero-order valence-electron chi connectivity index (χ0n) is 10.6. The summed E-state index contributed by atoms with van der Waals surface area (Å²) in [5.74, 6) is -1.76. The van der Waals surface area contributed by atoms with E-state index in [-0.39, 0.29) is 12.3 Å². The molecule has 0 N–H and O–H groups in total. The summed E-state index contributed by atoms with van der Waals surface area (Å²) in [6, 6.07) is 4.08. The smallest absolute Gasteiger partial charge is 0.155 e. The molecule has 1 aliphatic rings. The lowest BCUT2D eigenvalue weighted by molar-refractivity contribution is 0.111. The van der Waals surface area contributed by atoms with Crippen molar-refractivity contribution in [3.63, 3.8) is 0 Å². The van der Waals surface area contributed by atoms with Crippen LogP contribution in [-0.2, 0) is 4.74 Å². The lowest BCUT2D eigenvalue weighted by Gasteiger charge is -2.07. The highest BCUT2D eigenvalue weighted by Gasteiger charge is 2.19. The zero-order valence-corrected chi connectivity index (χ0v) is 10.6. The fraction of sp³-hybridized carbons (Fsp3) is 0.286. The highest BCUT2D eigenvalue weighted by Crippen LogP contribution is 2.25. The zero-order chi connectivity index (χ0) is 14.1. The van der Waals surface area contributed by atoms with Crippen molar-refractivity contribution < 1.29 is 18.3 Å². The lowest BCUT2D eigenvalue weighted by atomic mass is 10.1. The number of halogens is 2. The number of ether oxygens (including phenoxy) is 1. The number of nitrogens with zero attached hydrogens (tertiary/aromatic N) is 2. The molecule has 0 saturated carbocycles. The minimum Gasteiger partial charge on any atom is -0.379 e. The van der Waals surface area contributed by atoms with Crippen LogP contribution in [0.2, 0.25) is 0 Å². The minimum absolute atomic E-state index is 0.160. The largest absolute Gasteiger partial charge is 0.379 e. The molecule has 3 rings (SSSR count). The van der Waals surface area contributed by atoms with E-state index in [1.807, 2.05) is 0 Å². The molecule has 4 nitrogen and oxygen atoms in total. The number of hydrogen-bond donors (Lipinski definition) is 0. The van der Waals surface area contributed by atoms with Crippen molar-refractivity contribution in [2.45, 2.75) is 12.5 Å². The normalized spacial score (nSPS) is 18.4. The van der Waals surface area contributed by atoms with Gasteiger partial charge in [-0.15, -0.1) is 0 Å². The average Bonchev–Trinajstić information content (AvgIpc) is 3.09. The van der Waals surface area contributed by atoms with Gasteiger partial charge >= 0.3 is 0 Å². The van der Waals surface area contributed by atoms with Crippen LogP contribution in [0, 0.1) is 11.6 Å². The molecule has 0 radical (unpaired) electrons. The van der Waals surface area contributed by atoms with Gasteiger partial charge in [0, 0.05) is 18.4 Å². The van der Waals surface area contributed by atoms with Crippen LogP contribution in [0.5, 0.6) is 0 Å². The van der Waals surface area contributed by atoms with Crippen LogP contribution in [0.1, 0.15) is 22.8 Å². The Kier molecular flexibility index (Phi) is 3.31. The molecule has 1 aromatic carbocycles. The Labute approximate surface area is 114 Å². The third kappa shape index (κ3) is 2.22. The number of rotatable bonds is 3. The van der Waals surface area contributed by atoms with Crippen molar-refractivity contribution in [1.82, 2.24) is 9.78 Å². The summed E-state index contributed by atoms with van der Waals surface area (Å²) in [5, 5.41) is 4.32. The second-order valence-corrected chi connectivity index (χ2v) is 4.67. The second-order valence-electron chi connectivity index (χ2n) is 4.67. The molecule has 0 spiro atoms.